The van der Waals surface area contributed by atoms with Crippen LogP contribution < -0.4 is 10.6 Å². The number of hydrogen-bond donors (Lipinski definition) is 1. The van der Waals surface area contributed by atoms with Crippen molar-refractivity contribution in [2.24, 2.45) is 5.73 Å². The molecule has 0 aliphatic carbocycles. The minimum Gasteiger partial charge on any atom is -0.440 e. The van der Waals surface area contributed by atoms with Gasteiger partial charge < -0.3 is 15.2 Å². The van der Waals surface area contributed by atoms with Crippen molar-refractivity contribution in [1.82, 2.24) is 0 Å². The van der Waals surface area contributed by atoms with Gasteiger partial charge >= 0.3 is 12.2 Å². The first-order chi connectivity index (χ1) is 11.4. The first-order valence-electron chi connectivity index (χ1n) is 8.03. The van der Waals surface area contributed by atoms with Gasteiger partial charge in [-0.1, -0.05) is 6.07 Å². The summed E-state index contributed by atoms with van der Waals surface area (Å²) in [7, 11) is 0. The van der Waals surface area contributed by atoms with Gasteiger partial charge in [-0.3, -0.25) is 4.90 Å². The van der Waals surface area contributed by atoms with Crippen molar-refractivity contribution in [1.29, 1.82) is 0 Å². The molecule has 0 saturated carbocycles. The molecule has 0 aromatic heterocycles. The summed E-state index contributed by atoms with van der Waals surface area (Å²) >= 11 is 1.95. The first-order valence-corrected chi connectivity index (χ1v) is 9.18. The summed E-state index contributed by atoms with van der Waals surface area (Å²) in [6, 6.07) is 6.13. The predicted octanol–water partition coefficient (Wildman–Crippen LogP) is 2.72. The molecule has 2 N–H and O–H groups in total. The number of aryl methyl sites for hydroxylation is 2. The standard InChI is InChI=1S/C17H22N2O4S/c1-17(2,23-15(18)20)14-10-19(16(21)22-14)13-4-3-11-5-7-24-8-6-12(11)9-13/h3-4,9,14H,5-8,10H2,1-2H3,(H2,18,20). The van der Waals surface area contributed by atoms with Crippen LogP contribution in [-0.2, 0) is 22.3 Å². The summed E-state index contributed by atoms with van der Waals surface area (Å²) in [5.41, 5.74) is 7.59. The van der Waals surface area contributed by atoms with Crippen LogP contribution in [0.3, 0.4) is 0 Å². The Morgan fingerprint density at radius 1 is 1.33 bits per heavy atom. The zero-order valence-electron chi connectivity index (χ0n) is 13.9. The van der Waals surface area contributed by atoms with Gasteiger partial charge in [0.1, 0.15) is 5.60 Å². The lowest BCUT2D eigenvalue weighted by atomic mass is 10.00. The highest BCUT2D eigenvalue weighted by molar-refractivity contribution is 7.99. The van der Waals surface area contributed by atoms with E-state index in [0.717, 1.165) is 30.0 Å². The second kappa shape index (κ2) is 6.55. The number of ether oxygens (including phenoxy) is 2. The lowest BCUT2D eigenvalue weighted by Gasteiger charge is -2.28. The van der Waals surface area contributed by atoms with Gasteiger partial charge in [-0.05, 0) is 61.5 Å². The highest BCUT2D eigenvalue weighted by Gasteiger charge is 2.44. The fourth-order valence-corrected chi connectivity index (χ4v) is 4.02. The normalized spacial score (nSPS) is 21.0. The van der Waals surface area contributed by atoms with E-state index in [1.54, 1.807) is 18.7 Å². The summed E-state index contributed by atoms with van der Waals surface area (Å²) in [6.07, 6.45) is 0.205. The van der Waals surface area contributed by atoms with E-state index in [0.29, 0.717) is 6.54 Å². The van der Waals surface area contributed by atoms with E-state index in [-0.39, 0.29) is 0 Å². The third-order valence-electron chi connectivity index (χ3n) is 4.48. The number of hydrogen-bond acceptors (Lipinski definition) is 5. The van der Waals surface area contributed by atoms with E-state index in [4.69, 9.17) is 15.2 Å². The number of primary amides is 1. The van der Waals surface area contributed by atoms with Crippen molar-refractivity contribution in [2.75, 3.05) is 23.0 Å². The van der Waals surface area contributed by atoms with E-state index in [2.05, 4.69) is 12.1 Å². The number of rotatable bonds is 3. The lowest BCUT2D eigenvalue weighted by molar-refractivity contribution is -0.0406. The van der Waals surface area contributed by atoms with E-state index in [1.807, 2.05) is 17.8 Å². The Bertz CT molecular complexity index is 662. The minimum atomic E-state index is -0.974. The Morgan fingerprint density at radius 2 is 2.04 bits per heavy atom. The number of nitrogens with two attached hydrogens (primary N) is 1. The first kappa shape index (κ1) is 17.0. The van der Waals surface area contributed by atoms with Gasteiger partial charge in [0.15, 0.2) is 6.10 Å². The second-order valence-corrected chi connectivity index (χ2v) is 7.80. The summed E-state index contributed by atoms with van der Waals surface area (Å²) in [5, 5.41) is 0. The number of carbonyl (C=O) groups excluding carboxylic acids is 2. The molecule has 1 aromatic rings. The van der Waals surface area contributed by atoms with Gasteiger partial charge in [0, 0.05) is 5.69 Å². The molecule has 24 heavy (non-hydrogen) atoms. The average Bonchev–Trinajstić information content (AvgIpc) is 2.76. The predicted molar refractivity (Wildman–Crippen MR) is 93.5 cm³/mol. The fraction of sp³-hybridized carbons (Fsp3) is 0.529. The molecular formula is C17H22N2O4S. The summed E-state index contributed by atoms with van der Waals surface area (Å²) in [6.45, 7) is 3.70. The molecule has 2 amide bonds. The molecule has 1 fully saturated rings. The molecule has 0 bridgehead atoms. The lowest BCUT2D eigenvalue weighted by Crippen LogP contribution is -2.44. The van der Waals surface area contributed by atoms with Crippen molar-refractivity contribution < 1.29 is 19.1 Å². The molecule has 3 rings (SSSR count). The summed E-state index contributed by atoms with van der Waals surface area (Å²) < 4.78 is 10.5. The molecule has 0 radical (unpaired) electrons. The molecule has 2 aliphatic rings. The maximum absolute atomic E-state index is 12.3. The maximum Gasteiger partial charge on any atom is 0.414 e. The van der Waals surface area contributed by atoms with Crippen molar-refractivity contribution >= 4 is 29.6 Å². The molecule has 1 aromatic carbocycles. The largest absolute Gasteiger partial charge is 0.440 e. The van der Waals surface area contributed by atoms with Gasteiger partial charge in [0.2, 0.25) is 0 Å². The van der Waals surface area contributed by atoms with Gasteiger partial charge in [0.05, 0.1) is 6.54 Å². The van der Waals surface area contributed by atoms with Crippen molar-refractivity contribution in [3.05, 3.63) is 29.3 Å². The van der Waals surface area contributed by atoms with Crippen molar-refractivity contribution in [3.63, 3.8) is 0 Å². The van der Waals surface area contributed by atoms with Crippen LogP contribution in [0.25, 0.3) is 0 Å². The molecule has 1 saturated heterocycles. The summed E-state index contributed by atoms with van der Waals surface area (Å²) in [5.74, 6) is 2.24. The van der Waals surface area contributed by atoms with Crippen molar-refractivity contribution in [3.8, 4) is 0 Å². The highest BCUT2D eigenvalue weighted by atomic mass is 32.2. The number of nitrogens with zero attached hydrogens (tertiary/aromatic N) is 1. The zero-order chi connectivity index (χ0) is 17.3. The summed E-state index contributed by atoms with van der Waals surface area (Å²) in [4.78, 5) is 24.9. The third kappa shape index (κ3) is 3.45. The average molecular weight is 350 g/mol. The highest BCUT2D eigenvalue weighted by Crippen LogP contribution is 2.31. The minimum absolute atomic E-state index is 0.326. The van der Waals surface area contributed by atoms with Crippen molar-refractivity contribution in [2.45, 2.75) is 38.4 Å². The van der Waals surface area contributed by atoms with Crippen LogP contribution in [0.1, 0.15) is 25.0 Å². The molecule has 130 valence electrons. The van der Waals surface area contributed by atoms with E-state index < -0.39 is 23.9 Å². The Labute approximate surface area is 145 Å². The van der Waals surface area contributed by atoms with Crippen LogP contribution in [0.5, 0.6) is 0 Å². The molecule has 2 aliphatic heterocycles. The topological polar surface area (TPSA) is 81.9 Å². The molecule has 1 unspecified atom stereocenters. The Hall–Kier alpha value is -1.89. The van der Waals surface area contributed by atoms with Gasteiger partial charge in [-0.25, -0.2) is 9.59 Å². The number of amides is 2. The van der Waals surface area contributed by atoms with Gasteiger partial charge in [0.25, 0.3) is 0 Å². The number of carbonyl (C=O) groups is 2. The van der Waals surface area contributed by atoms with E-state index >= 15 is 0 Å². The quantitative estimate of drug-likeness (QED) is 0.906. The third-order valence-corrected chi connectivity index (χ3v) is 5.47. The van der Waals surface area contributed by atoms with Gasteiger partial charge in [-0.15, -0.1) is 0 Å². The smallest absolute Gasteiger partial charge is 0.414 e. The number of thioether (sulfide) groups is 1. The zero-order valence-corrected chi connectivity index (χ0v) is 14.7. The SMILES string of the molecule is CC(C)(OC(N)=O)C1CN(c2ccc3c(c2)CCSCC3)C(=O)O1. The second-order valence-electron chi connectivity index (χ2n) is 6.57. The van der Waals surface area contributed by atoms with Crippen LogP contribution >= 0.6 is 11.8 Å². The molecule has 2 heterocycles. The van der Waals surface area contributed by atoms with Crippen LogP contribution in [0.4, 0.5) is 15.3 Å². The maximum atomic E-state index is 12.3. The van der Waals surface area contributed by atoms with Crippen LogP contribution in [0, 0.1) is 0 Å². The van der Waals surface area contributed by atoms with Gasteiger partial charge in [-0.2, -0.15) is 11.8 Å². The molecular weight excluding hydrogens is 328 g/mol. The monoisotopic (exact) mass is 350 g/mol. The van der Waals surface area contributed by atoms with Crippen LogP contribution in [0.2, 0.25) is 0 Å². The molecule has 6 nitrogen and oxygen atoms in total. The van der Waals surface area contributed by atoms with Crippen LogP contribution in [-0.4, -0.2) is 41.9 Å². The molecule has 1 atom stereocenters. The number of cyclic esters (lactones) is 1. The number of fused-ring (bicyclic) bond motifs is 1. The van der Waals surface area contributed by atoms with E-state index in [9.17, 15) is 9.59 Å². The number of anilines is 1. The fourth-order valence-electron chi connectivity index (χ4n) is 3.08. The van der Waals surface area contributed by atoms with E-state index in [1.165, 1.54) is 11.1 Å². The molecule has 7 heteroatoms. The Morgan fingerprint density at radius 3 is 2.75 bits per heavy atom. The Kier molecular flexibility index (Phi) is 4.62. The van der Waals surface area contributed by atoms with Crippen LogP contribution in [0.15, 0.2) is 18.2 Å². The molecule has 0 spiro atoms. The number of benzene rings is 1. The Balaban J connectivity index is 1.79.